The monoisotopic (exact) mass is 215 g/mol. The first-order valence-corrected chi connectivity index (χ1v) is 6.34. The van der Waals surface area contributed by atoms with Gasteiger partial charge in [-0.05, 0) is 24.8 Å². The maximum absolute atomic E-state index is 9.72. The first kappa shape index (κ1) is 14.9. The van der Waals surface area contributed by atoms with Gasteiger partial charge in [-0.3, -0.25) is 0 Å². The molecule has 1 unspecified atom stereocenters. The highest BCUT2D eigenvalue weighted by Gasteiger charge is 2.15. The second kappa shape index (κ2) is 8.12. The van der Waals surface area contributed by atoms with Gasteiger partial charge in [-0.2, -0.15) is 0 Å². The van der Waals surface area contributed by atoms with E-state index in [4.69, 9.17) is 0 Å². The molecule has 1 atom stereocenters. The SMILES string of the molecule is CCCCCCNCC(O)CC(C)(C)C. The molecule has 15 heavy (non-hydrogen) atoms. The summed E-state index contributed by atoms with van der Waals surface area (Å²) in [7, 11) is 0. The van der Waals surface area contributed by atoms with E-state index < -0.39 is 0 Å². The lowest BCUT2D eigenvalue weighted by atomic mass is 9.89. The number of aliphatic hydroxyl groups excluding tert-OH is 1. The third kappa shape index (κ3) is 11.8. The quantitative estimate of drug-likeness (QED) is 0.610. The van der Waals surface area contributed by atoms with Crippen LogP contribution in [0.25, 0.3) is 0 Å². The molecular formula is C13H29NO. The molecule has 0 aromatic rings. The molecular weight excluding hydrogens is 186 g/mol. The number of hydrogen-bond acceptors (Lipinski definition) is 2. The van der Waals surface area contributed by atoms with Crippen LogP contribution in [0.1, 0.15) is 59.8 Å². The molecule has 2 N–H and O–H groups in total. The minimum Gasteiger partial charge on any atom is -0.392 e. The van der Waals surface area contributed by atoms with Crippen LogP contribution in [0.15, 0.2) is 0 Å². The molecule has 0 radical (unpaired) electrons. The van der Waals surface area contributed by atoms with Crippen LogP contribution in [0.2, 0.25) is 0 Å². The fraction of sp³-hybridized carbons (Fsp3) is 1.00. The molecule has 0 saturated carbocycles. The predicted molar refractivity (Wildman–Crippen MR) is 67.1 cm³/mol. The summed E-state index contributed by atoms with van der Waals surface area (Å²) in [5, 5.41) is 13.0. The molecule has 2 heteroatoms. The van der Waals surface area contributed by atoms with Crippen LogP contribution in [0, 0.1) is 5.41 Å². The number of unbranched alkanes of at least 4 members (excludes halogenated alkanes) is 3. The molecule has 0 amide bonds. The van der Waals surface area contributed by atoms with Crippen LogP contribution >= 0.6 is 0 Å². The van der Waals surface area contributed by atoms with Crippen molar-refractivity contribution >= 4 is 0 Å². The summed E-state index contributed by atoms with van der Waals surface area (Å²) in [6.07, 6.45) is 5.82. The molecule has 0 bridgehead atoms. The van der Waals surface area contributed by atoms with Gasteiger partial charge in [0, 0.05) is 6.54 Å². The summed E-state index contributed by atoms with van der Waals surface area (Å²) in [6, 6.07) is 0. The lowest BCUT2D eigenvalue weighted by molar-refractivity contribution is 0.120. The van der Waals surface area contributed by atoms with Gasteiger partial charge in [0.25, 0.3) is 0 Å². The van der Waals surface area contributed by atoms with E-state index in [1.807, 2.05) is 0 Å². The highest BCUT2D eigenvalue weighted by molar-refractivity contribution is 4.69. The maximum Gasteiger partial charge on any atom is 0.0669 e. The van der Waals surface area contributed by atoms with Crippen molar-refractivity contribution in [1.82, 2.24) is 5.32 Å². The Bertz CT molecular complexity index is 140. The summed E-state index contributed by atoms with van der Waals surface area (Å²) < 4.78 is 0. The Hall–Kier alpha value is -0.0800. The van der Waals surface area contributed by atoms with Crippen molar-refractivity contribution in [2.45, 2.75) is 65.9 Å². The van der Waals surface area contributed by atoms with Gasteiger partial charge in [0.2, 0.25) is 0 Å². The Labute approximate surface area is 95.5 Å². The van der Waals surface area contributed by atoms with Crippen molar-refractivity contribution in [3.63, 3.8) is 0 Å². The smallest absolute Gasteiger partial charge is 0.0669 e. The summed E-state index contributed by atoms with van der Waals surface area (Å²) in [5.41, 5.74) is 0.226. The van der Waals surface area contributed by atoms with Gasteiger partial charge in [-0.15, -0.1) is 0 Å². The van der Waals surface area contributed by atoms with Crippen molar-refractivity contribution in [3.05, 3.63) is 0 Å². The summed E-state index contributed by atoms with van der Waals surface area (Å²) in [4.78, 5) is 0. The van der Waals surface area contributed by atoms with Gasteiger partial charge in [0.1, 0.15) is 0 Å². The third-order valence-corrected chi connectivity index (χ3v) is 2.44. The van der Waals surface area contributed by atoms with Crippen LogP contribution in [0.5, 0.6) is 0 Å². The zero-order valence-electron chi connectivity index (χ0n) is 11.0. The van der Waals surface area contributed by atoms with E-state index in [1.165, 1.54) is 25.7 Å². The largest absolute Gasteiger partial charge is 0.392 e. The average molecular weight is 215 g/mol. The minimum atomic E-state index is -0.198. The molecule has 0 aliphatic carbocycles. The summed E-state index contributed by atoms with van der Waals surface area (Å²) in [6.45, 7) is 10.5. The van der Waals surface area contributed by atoms with Gasteiger partial charge in [-0.25, -0.2) is 0 Å². The summed E-state index contributed by atoms with van der Waals surface area (Å²) in [5.74, 6) is 0. The molecule has 0 fully saturated rings. The first-order valence-electron chi connectivity index (χ1n) is 6.34. The zero-order valence-corrected chi connectivity index (χ0v) is 11.0. The third-order valence-electron chi connectivity index (χ3n) is 2.44. The molecule has 92 valence electrons. The van der Waals surface area contributed by atoms with Gasteiger partial charge in [0.15, 0.2) is 0 Å². The van der Waals surface area contributed by atoms with Crippen molar-refractivity contribution < 1.29 is 5.11 Å². The topological polar surface area (TPSA) is 32.3 Å². The number of aliphatic hydroxyl groups is 1. The van der Waals surface area contributed by atoms with E-state index in [0.717, 1.165) is 19.5 Å². The van der Waals surface area contributed by atoms with Gasteiger partial charge >= 0.3 is 0 Å². The molecule has 0 spiro atoms. The lowest BCUT2D eigenvalue weighted by Crippen LogP contribution is -2.30. The highest BCUT2D eigenvalue weighted by atomic mass is 16.3. The van der Waals surface area contributed by atoms with E-state index >= 15 is 0 Å². The number of nitrogens with one attached hydrogen (secondary N) is 1. The molecule has 0 saturated heterocycles. The Balaban J connectivity index is 3.28. The Morgan fingerprint density at radius 1 is 1.13 bits per heavy atom. The Morgan fingerprint density at radius 3 is 2.33 bits per heavy atom. The molecule has 2 nitrogen and oxygen atoms in total. The standard InChI is InChI=1S/C13H29NO/c1-5-6-7-8-9-14-11-12(15)10-13(2,3)4/h12,14-15H,5-11H2,1-4H3. The summed E-state index contributed by atoms with van der Waals surface area (Å²) >= 11 is 0. The fourth-order valence-electron chi connectivity index (χ4n) is 1.72. The van der Waals surface area contributed by atoms with Crippen LogP contribution < -0.4 is 5.32 Å². The predicted octanol–water partition coefficient (Wildman–Crippen LogP) is 2.95. The zero-order chi connectivity index (χ0) is 11.7. The van der Waals surface area contributed by atoms with Crippen molar-refractivity contribution in [2.24, 2.45) is 5.41 Å². The second-order valence-electron chi connectivity index (χ2n) is 5.68. The Morgan fingerprint density at radius 2 is 1.80 bits per heavy atom. The van der Waals surface area contributed by atoms with Crippen LogP contribution in [-0.4, -0.2) is 24.3 Å². The molecule has 0 aromatic heterocycles. The van der Waals surface area contributed by atoms with E-state index in [0.29, 0.717) is 0 Å². The van der Waals surface area contributed by atoms with E-state index in [2.05, 4.69) is 33.0 Å². The van der Waals surface area contributed by atoms with Gasteiger partial charge in [-0.1, -0.05) is 47.0 Å². The molecule has 0 heterocycles. The normalized spacial score (nSPS) is 14.2. The van der Waals surface area contributed by atoms with Crippen molar-refractivity contribution in [2.75, 3.05) is 13.1 Å². The minimum absolute atomic E-state index is 0.198. The van der Waals surface area contributed by atoms with Crippen molar-refractivity contribution in [3.8, 4) is 0 Å². The fourth-order valence-corrected chi connectivity index (χ4v) is 1.72. The average Bonchev–Trinajstić information content (AvgIpc) is 2.08. The van der Waals surface area contributed by atoms with E-state index in [9.17, 15) is 5.11 Å². The maximum atomic E-state index is 9.72. The first-order chi connectivity index (χ1) is 6.95. The van der Waals surface area contributed by atoms with Gasteiger partial charge in [0.05, 0.1) is 6.10 Å². The van der Waals surface area contributed by atoms with Crippen molar-refractivity contribution in [1.29, 1.82) is 0 Å². The number of hydrogen-bond donors (Lipinski definition) is 2. The second-order valence-corrected chi connectivity index (χ2v) is 5.68. The van der Waals surface area contributed by atoms with Gasteiger partial charge < -0.3 is 10.4 Å². The van der Waals surface area contributed by atoms with Crippen LogP contribution in [0.4, 0.5) is 0 Å². The molecule has 0 aromatic carbocycles. The number of rotatable bonds is 8. The molecule has 0 rings (SSSR count). The lowest BCUT2D eigenvalue weighted by Gasteiger charge is -2.22. The van der Waals surface area contributed by atoms with Crippen LogP contribution in [0.3, 0.4) is 0 Å². The van der Waals surface area contributed by atoms with Crippen LogP contribution in [-0.2, 0) is 0 Å². The Kier molecular flexibility index (Phi) is 8.07. The molecule has 0 aliphatic heterocycles. The highest BCUT2D eigenvalue weighted by Crippen LogP contribution is 2.20. The molecule has 0 aliphatic rings. The van der Waals surface area contributed by atoms with E-state index in [1.54, 1.807) is 0 Å². The van der Waals surface area contributed by atoms with E-state index in [-0.39, 0.29) is 11.5 Å².